The van der Waals surface area contributed by atoms with Crippen molar-refractivity contribution < 1.29 is 18.3 Å². The highest BCUT2D eigenvalue weighted by molar-refractivity contribution is 5.70. The molecule has 2 aromatic rings. The third-order valence-corrected chi connectivity index (χ3v) is 7.83. The van der Waals surface area contributed by atoms with Crippen molar-refractivity contribution in [2.24, 2.45) is 11.3 Å². The third kappa shape index (κ3) is 4.14. The smallest absolute Gasteiger partial charge is 0.407 e. The number of aryl methyl sites for hydroxylation is 1. The van der Waals surface area contributed by atoms with Crippen LogP contribution in [0.3, 0.4) is 0 Å². The molecule has 0 aromatic heterocycles. The number of carbonyl (C=O) groups is 1. The summed E-state index contributed by atoms with van der Waals surface area (Å²) in [6.07, 6.45) is 2.93. The van der Waals surface area contributed by atoms with Gasteiger partial charge in [0, 0.05) is 12.1 Å². The first-order chi connectivity index (χ1) is 15.7. The quantitative estimate of drug-likeness (QED) is 0.650. The average Bonchev–Trinajstić information content (AvgIpc) is 3.02. The molecule has 2 aromatic carbocycles. The van der Waals surface area contributed by atoms with Crippen LogP contribution in [0.25, 0.3) is 11.1 Å². The van der Waals surface area contributed by atoms with Gasteiger partial charge in [-0.25, -0.2) is 13.6 Å². The first-order valence-electron chi connectivity index (χ1n) is 12.1. The number of carbonyl (C=O) groups excluding carboxylic acids is 1. The summed E-state index contributed by atoms with van der Waals surface area (Å²) in [5, 5.41) is 3.04. The number of piperidine rings is 3. The van der Waals surface area contributed by atoms with Crippen molar-refractivity contribution in [3.05, 3.63) is 58.7 Å². The van der Waals surface area contributed by atoms with Gasteiger partial charge in [0.2, 0.25) is 0 Å². The SMILES string of the molecule is CCc1ccc(-c2cc3c(cc2F)[C@H](NC(=O)O[C@H]2CN4CCC2CC4)C(C)(C)C3)cc1F. The number of halogens is 2. The second-order valence-electron chi connectivity index (χ2n) is 10.5. The van der Waals surface area contributed by atoms with Gasteiger partial charge in [-0.2, -0.15) is 0 Å². The third-order valence-electron chi connectivity index (χ3n) is 7.83. The molecule has 2 atom stereocenters. The second kappa shape index (κ2) is 8.39. The van der Waals surface area contributed by atoms with Gasteiger partial charge in [0.15, 0.2) is 0 Å². The van der Waals surface area contributed by atoms with E-state index in [9.17, 15) is 9.18 Å². The molecule has 4 nitrogen and oxygen atoms in total. The van der Waals surface area contributed by atoms with Gasteiger partial charge >= 0.3 is 6.09 Å². The van der Waals surface area contributed by atoms with Crippen molar-refractivity contribution in [2.45, 2.75) is 58.6 Å². The van der Waals surface area contributed by atoms with Crippen LogP contribution in [0.4, 0.5) is 13.6 Å². The molecule has 3 aliphatic heterocycles. The minimum Gasteiger partial charge on any atom is -0.445 e. The Hall–Kier alpha value is -2.47. The van der Waals surface area contributed by atoms with Crippen LogP contribution in [-0.2, 0) is 17.6 Å². The first-order valence-corrected chi connectivity index (χ1v) is 12.1. The van der Waals surface area contributed by atoms with E-state index in [1.807, 2.05) is 13.0 Å². The summed E-state index contributed by atoms with van der Waals surface area (Å²) in [5.74, 6) is -0.290. The van der Waals surface area contributed by atoms with Gasteiger partial charge in [0.1, 0.15) is 17.7 Å². The molecule has 0 spiro atoms. The van der Waals surface area contributed by atoms with Crippen LogP contribution in [-0.4, -0.2) is 36.7 Å². The van der Waals surface area contributed by atoms with E-state index in [1.165, 1.54) is 12.1 Å². The van der Waals surface area contributed by atoms with E-state index in [0.717, 1.165) is 43.6 Å². The van der Waals surface area contributed by atoms with E-state index >= 15 is 4.39 Å². The molecule has 2 bridgehead atoms. The van der Waals surface area contributed by atoms with Crippen LogP contribution in [0.5, 0.6) is 0 Å². The van der Waals surface area contributed by atoms with Crippen molar-refractivity contribution in [1.29, 1.82) is 0 Å². The minimum absolute atomic E-state index is 0.0726. The molecule has 1 N–H and O–H groups in total. The number of rotatable bonds is 4. The van der Waals surface area contributed by atoms with Gasteiger partial charge in [-0.15, -0.1) is 0 Å². The van der Waals surface area contributed by atoms with Gasteiger partial charge in [0.25, 0.3) is 0 Å². The summed E-state index contributed by atoms with van der Waals surface area (Å²) in [5.41, 5.74) is 3.00. The Morgan fingerprint density at radius 2 is 1.91 bits per heavy atom. The zero-order chi connectivity index (χ0) is 23.3. The molecule has 3 fully saturated rings. The molecule has 3 heterocycles. The maximum atomic E-state index is 15.2. The fraction of sp³-hybridized carbons (Fsp3) is 0.519. The maximum Gasteiger partial charge on any atom is 0.407 e. The molecule has 6 rings (SSSR count). The molecule has 176 valence electrons. The van der Waals surface area contributed by atoms with Crippen molar-refractivity contribution in [3.8, 4) is 11.1 Å². The number of hydrogen-bond donors (Lipinski definition) is 1. The number of nitrogens with zero attached hydrogens (tertiary/aromatic N) is 1. The lowest BCUT2D eigenvalue weighted by Crippen LogP contribution is -2.53. The van der Waals surface area contributed by atoms with Crippen molar-refractivity contribution >= 4 is 6.09 Å². The predicted molar refractivity (Wildman–Crippen MR) is 124 cm³/mol. The zero-order valence-corrected chi connectivity index (χ0v) is 19.6. The van der Waals surface area contributed by atoms with E-state index in [4.69, 9.17) is 4.74 Å². The van der Waals surface area contributed by atoms with E-state index in [0.29, 0.717) is 35.4 Å². The Morgan fingerprint density at radius 1 is 1.15 bits per heavy atom. The van der Waals surface area contributed by atoms with Crippen molar-refractivity contribution in [3.63, 3.8) is 0 Å². The Kier molecular flexibility index (Phi) is 5.68. The lowest BCUT2D eigenvalue weighted by atomic mass is 9.85. The molecule has 0 saturated carbocycles. The number of ether oxygens (including phenoxy) is 1. The normalized spacial score (nSPS) is 27.3. The maximum absolute atomic E-state index is 15.2. The highest BCUT2D eigenvalue weighted by Gasteiger charge is 2.42. The summed E-state index contributed by atoms with van der Waals surface area (Å²) in [6.45, 7) is 9.00. The average molecular weight is 455 g/mol. The van der Waals surface area contributed by atoms with Crippen molar-refractivity contribution in [2.75, 3.05) is 19.6 Å². The van der Waals surface area contributed by atoms with Crippen LogP contribution >= 0.6 is 0 Å². The fourth-order valence-electron chi connectivity index (χ4n) is 5.90. The molecule has 3 saturated heterocycles. The van der Waals surface area contributed by atoms with E-state index < -0.39 is 11.9 Å². The Bertz CT molecular complexity index is 1080. The van der Waals surface area contributed by atoms with E-state index in [1.54, 1.807) is 12.1 Å². The second-order valence-corrected chi connectivity index (χ2v) is 10.5. The largest absolute Gasteiger partial charge is 0.445 e. The van der Waals surface area contributed by atoms with Crippen LogP contribution in [0.1, 0.15) is 56.3 Å². The number of benzene rings is 2. The van der Waals surface area contributed by atoms with Crippen molar-refractivity contribution in [1.82, 2.24) is 10.2 Å². The summed E-state index contributed by atoms with van der Waals surface area (Å²) >= 11 is 0. The number of alkyl carbamates (subject to hydrolysis) is 1. The van der Waals surface area contributed by atoms with Crippen LogP contribution < -0.4 is 5.32 Å². The first kappa shape index (κ1) is 22.3. The molecule has 1 aliphatic carbocycles. The standard InChI is InChI=1S/C27H32F2N2O2/c1-4-16-5-6-18(12-22(16)28)20-11-19-14-27(2,3)25(21(19)13-23(20)29)30-26(32)33-24-15-31-9-7-17(24)8-10-31/h5-6,11-13,17,24-25H,4,7-10,14-15H2,1-3H3,(H,30,32)/t24-,25-/m0/s1. The monoisotopic (exact) mass is 454 g/mol. The number of fused-ring (bicyclic) bond motifs is 4. The number of amides is 1. The molecule has 0 radical (unpaired) electrons. The Labute approximate surface area is 194 Å². The summed E-state index contributed by atoms with van der Waals surface area (Å²) in [7, 11) is 0. The molecule has 33 heavy (non-hydrogen) atoms. The Morgan fingerprint density at radius 3 is 2.55 bits per heavy atom. The molecule has 1 amide bonds. The van der Waals surface area contributed by atoms with E-state index in [2.05, 4.69) is 24.1 Å². The van der Waals surface area contributed by atoms with Crippen LogP contribution in [0.2, 0.25) is 0 Å². The van der Waals surface area contributed by atoms with Gasteiger partial charge in [-0.05, 0) is 90.6 Å². The Balaban J connectivity index is 1.37. The lowest BCUT2D eigenvalue weighted by molar-refractivity contribution is -0.0349. The minimum atomic E-state index is -0.429. The van der Waals surface area contributed by atoms with Crippen LogP contribution in [0.15, 0.2) is 30.3 Å². The van der Waals surface area contributed by atoms with Gasteiger partial charge < -0.3 is 10.1 Å². The van der Waals surface area contributed by atoms with Crippen LogP contribution in [0, 0.1) is 23.0 Å². The lowest BCUT2D eigenvalue weighted by Gasteiger charge is -2.44. The number of hydrogen-bond acceptors (Lipinski definition) is 3. The van der Waals surface area contributed by atoms with Gasteiger partial charge in [-0.3, -0.25) is 4.90 Å². The summed E-state index contributed by atoms with van der Waals surface area (Å²) < 4.78 is 35.4. The highest BCUT2D eigenvalue weighted by atomic mass is 19.1. The zero-order valence-electron chi connectivity index (χ0n) is 19.6. The number of nitrogens with one attached hydrogen (secondary N) is 1. The van der Waals surface area contributed by atoms with E-state index in [-0.39, 0.29) is 23.4 Å². The molecule has 4 aliphatic rings. The van der Waals surface area contributed by atoms with Gasteiger partial charge in [0.05, 0.1) is 6.04 Å². The topological polar surface area (TPSA) is 41.6 Å². The van der Waals surface area contributed by atoms with Gasteiger partial charge in [-0.1, -0.05) is 32.9 Å². The molecule has 0 unspecified atom stereocenters. The summed E-state index contributed by atoms with van der Waals surface area (Å²) in [4.78, 5) is 15.2. The predicted octanol–water partition coefficient (Wildman–Crippen LogP) is 5.64. The highest BCUT2D eigenvalue weighted by Crippen LogP contribution is 2.47. The molecule has 6 heteroatoms. The fourth-order valence-corrected chi connectivity index (χ4v) is 5.90. The molecular formula is C27H32F2N2O2. The molecular weight excluding hydrogens is 422 g/mol. The summed E-state index contributed by atoms with van der Waals surface area (Å²) in [6, 6.07) is 7.87.